The van der Waals surface area contributed by atoms with Crippen LogP contribution in [-0.2, 0) is 23.8 Å². The van der Waals surface area contributed by atoms with Crippen LogP contribution in [0, 0.1) is 5.92 Å². The number of carbonyl (C=O) groups is 1. The number of carbonyl (C=O) groups excluding carboxylic acids is 1. The van der Waals surface area contributed by atoms with Crippen molar-refractivity contribution in [2.45, 2.75) is 25.1 Å². The third-order valence-electron chi connectivity index (χ3n) is 6.90. The van der Waals surface area contributed by atoms with Gasteiger partial charge in [0.05, 0.1) is 17.5 Å². The Balaban J connectivity index is 1.40. The van der Waals surface area contributed by atoms with Gasteiger partial charge in [0.2, 0.25) is 5.91 Å². The van der Waals surface area contributed by atoms with Crippen molar-refractivity contribution >= 4 is 17.3 Å². The quantitative estimate of drug-likeness (QED) is 0.591. The summed E-state index contributed by atoms with van der Waals surface area (Å²) in [5.41, 5.74) is 2.67. The molecule has 0 bridgehead atoms. The van der Waals surface area contributed by atoms with E-state index in [2.05, 4.69) is 20.1 Å². The van der Waals surface area contributed by atoms with E-state index in [-0.39, 0.29) is 18.4 Å². The highest BCUT2D eigenvalue weighted by Crippen LogP contribution is 2.40. The predicted octanol–water partition coefficient (Wildman–Crippen LogP) is 4.33. The zero-order valence-electron chi connectivity index (χ0n) is 19.2. The van der Waals surface area contributed by atoms with E-state index in [1.54, 1.807) is 12.3 Å². The molecule has 5 nitrogen and oxygen atoms in total. The zero-order valence-corrected chi connectivity index (χ0v) is 19.2. The summed E-state index contributed by atoms with van der Waals surface area (Å²) in [6.07, 6.45) is -1.83. The number of amides is 1. The van der Waals surface area contributed by atoms with Crippen LogP contribution >= 0.6 is 0 Å². The number of hydrogen-bond donors (Lipinski definition) is 1. The Morgan fingerprint density at radius 3 is 2.57 bits per heavy atom. The highest BCUT2D eigenvalue weighted by atomic mass is 19.4. The summed E-state index contributed by atoms with van der Waals surface area (Å²) >= 11 is 0. The molecule has 0 radical (unpaired) electrons. The van der Waals surface area contributed by atoms with Gasteiger partial charge in [-0.25, -0.2) is 0 Å². The van der Waals surface area contributed by atoms with Crippen LogP contribution in [0.2, 0.25) is 0 Å². The van der Waals surface area contributed by atoms with E-state index in [9.17, 15) is 18.0 Å². The Kier molecular flexibility index (Phi) is 6.36. The molecule has 2 aromatic carbocycles. The summed E-state index contributed by atoms with van der Waals surface area (Å²) in [4.78, 5) is 22.0. The molecule has 0 unspecified atom stereocenters. The molecule has 0 aliphatic carbocycles. The fraction of sp³-hybridized carbons (Fsp3) is 0.333. The van der Waals surface area contributed by atoms with E-state index in [0.717, 1.165) is 29.7 Å². The molecule has 2 atom stereocenters. The highest BCUT2D eigenvalue weighted by Gasteiger charge is 2.42. The molecule has 3 aromatic rings. The molecule has 0 saturated carbocycles. The lowest BCUT2D eigenvalue weighted by atomic mass is 9.82. The number of aromatic nitrogens is 1. The number of fused-ring (bicyclic) bond motifs is 3. The second kappa shape index (κ2) is 9.60. The first-order valence-corrected chi connectivity index (χ1v) is 11.8. The summed E-state index contributed by atoms with van der Waals surface area (Å²) in [5.74, 6) is -0.588. The Labute approximate surface area is 202 Å². The number of rotatable bonds is 5. The topological polar surface area (TPSA) is 48.5 Å². The van der Waals surface area contributed by atoms with Crippen molar-refractivity contribution in [1.82, 2.24) is 10.3 Å². The SMILES string of the molecule is O=C(NCCc1ccccn1)[C@@H]1Cc2cc(C(F)(F)F)ccc2N2CCN(c3ccccc3)C[C@H]12. The van der Waals surface area contributed by atoms with E-state index < -0.39 is 17.7 Å². The van der Waals surface area contributed by atoms with Crippen LogP contribution in [0.15, 0.2) is 72.9 Å². The summed E-state index contributed by atoms with van der Waals surface area (Å²) in [6.45, 7) is 2.42. The van der Waals surface area contributed by atoms with E-state index >= 15 is 0 Å². The molecule has 8 heteroatoms. The first-order valence-electron chi connectivity index (χ1n) is 11.8. The molecule has 1 fully saturated rings. The maximum Gasteiger partial charge on any atom is 0.416 e. The molecule has 1 N–H and O–H groups in total. The van der Waals surface area contributed by atoms with E-state index in [1.807, 2.05) is 48.5 Å². The average molecular weight is 481 g/mol. The lowest BCUT2D eigenvalue weighted by Crippen LogP contribution is -2.61. The maximum absolute atomic E-state index is 13.4. The molecule has 0 spiro atoms. The van der Waals surface area contributed by atoms with Crippen molar-refractivity contribution in [3.63, 3.8) is 0 Å². The minimum atomic E-state index is -4.42. The van der Waals surface area contributed by atoms with Crippen LogP contribution < -0.4 is 15.1 Å². The van der Waals surface area contributed by atoms with Gasteiger partial charge in [0.1, 0.15) is 0 Å². The lowest BCUT2D eigenvalue weighted by molar-refractivity contribution is -0.137. The number of nitrogens with zero attached hydrogens (tertiary/aromatic N) is 3. The second-order valence-corrected chi connectivity index (χ2v) is 9.06. The van der Waals surface area contributed by atoms with Gasteiger partial charge in [0.15, 0.2) is 0 Å². The minimum Gasteiger partial charge on any atom is -0.368 e. The van der Waals surface area contributed by atoms with E-state index in [1.165, 1.54) is 6.07 Å². The van der Waals surface area contributed by atoms with Crippen LogP contribution in [0.4, 0.5) is 24.5 Å². The highest BCUT2D eigenvalue weighted by molar-refractivity contribution is 5.82. The summed E-state index contributed by atoms with van der Waals surface area (Å²) in [6, 6.07) is 19.5. The van der Waals surface area contributed by atoms with E-state index in [4.69, 9.17) is 0 Å². The molecule has 2 aliphatic heterocycles. The predicted molar refractivity (Wildman–Crippen MR) is 129 cm³/mol. The Morgan fingerprint density at radius 2 is 1.83 bits per heavy atom. The van der Waals surface area contributed by atoms with Gasteiger partial charge in [-0.05, 0) is 54.4 Å². The molecule has 182 valence electrons. The first-order chi connectivity index (χ1) is 16.9. The number of benzene rings is 2. The minimum absolute atomic E-state index is 0.131. The number of halogens is 3. The van der Waals surface area contributed by atoms with Crippen molar-refractivity contribution in [3.05, 3.63) is 89.7 Å². The molecule has 1 aromatic heterocycles. The fourth-order valence-electron chi connectivity index (χ4n) is 5.16. The van der Waals surface area contributed by atoms with Crippen molar-refractivity contribution in [1.29, 1.82) is 0 Å². The van der Waals surface area contributed by atoms with Gasteiger partial charge >= 0.3 is 6.18 Å². The number of para-hydroxylation sites is 1. The van der Waals surface area contributed by atoms with Crippen molar-refractivity contribution in [2.24, 2.45) is 5.92 Å². The Morgan fingerprint density at radius 1 is 1.03 bits per heavy atom. The van der Waals surface area contributed by atoms with Crippen molar-refractivity contribution in [3.8, 4) is 0 Å². The second-order valence-electron chi connectivity index (χ2n) is 9.06. The van der Waals surface area contributed by atoms with Gasteiger partial charge in [-0.1, -0.05) is 24.3 Å². The van der Waals surface area contributed by atoms with Gasteiger partial charge in [-0.15, -0.1) is 0 Å². The van der Waals surface area contributed by atoms with Crippen LogP contribution in [-0.4, -0.2) is 43.1 Å². The Bertz CT molecular complexity index is 1170. The van der Waals surface area contributed by atoms with Crippen LogP contribution in [0.3, 0.4) is 0 Å². The van der Waals surface area contributed by atoms with Gasteiger partial charge in [-0.2, -0.15) is 13.2 Å². The van der Waals surface area contributed by atoms with Gasteiger partial charge in [0.25, 0.3) is 0 Å². The van der Waals surface area contributed by atoms with Crippen molar-refractivity contribution in [2.75, 3.05) is 36.0 Å². The van der Waals surface area contributed by atoms with Crippen molar-refractivity contribution < 1.29 is 18.0 Å². The van der Waals surface area contributed by atoms with Crippen LogP contribution in [0.1, 0.15) is 16.8 Å². The van der Waals surface area contributed by atoms with Gasteiger partial charge in [-0.3, -0.25) is 9.78 Å². The number of pyridine rings is 1. The lowest BCUT2D eigenvalue weighted by Gasteiger charge is -2.49. The molecular formula is C27H27F3N4O. The molecule has 35 heavy (non-hydrogen) atoms. The maximum atomic E-state index is 13.4. The van der Waals surface area contributed by atoms with Gasteiger partial charge < -0.3 is 15.1 Å². The third-order valence-corrected chi connectivity index (χ3v) is 6.90. The largest absolute Gasteiger partial charge is 0.416 e. The smallest absolute Gasteiger partial charge is 0.368 e. The van der Waals surface area contributed by atoms with Crippen LogP contribution in [0.25, 0.3) is 0 Å². The molecule has 3 heterocycles. The summed E-state index contributed by atoms with van der Waals surface area (Å²) in [5, 5.41) is 3.02. The fourth-order valence-corrected chi connectivity index (χ4v) is 5.16. The number of alkyl halides is 3. The molecule has 2 aliphatic rings. The monoisotopic (exact) mass is 480 g/mol. The molecule has 1 saturated heterocycles. The number of piperazine rings is 1. The summed E-state index contributed by atoms with van der Waals surface area (Å²) < 4.78 is 40.2. The first kappa shape index (κ1) is 23.2. The molecule has 1 amide bonds. The third kappa shape index (κ3) is 4.97. The number of anilines is 2. The van der Waals surface area contributed by atoms with Crippen LogP contribution in [0.5, 0.6) is 0 Å². The zero-order chi connectivity index (χ0) is 24.4. The average Bonchev–Trinajstić information content (AvgIpc) is 2.88. The Hall–Kier alpha value is -3.55. The normalized spacial score (nSPS) is 19.6. The summed E-state index contributed by atoms with van der Waals surface area (Å²) in [7, 11) is 0. The molecular weight excluding hydrogens is 453 g/mol. The number of nitrogens with one attached hydrogen (secondary N) is 1. The molecule has 5 rings (SSSR count). The number of hydrogen-bond acceptors (Lipinski definition) is 4. The van der Waals surface area contributed by atoms with E-state index in [0.29, 0.717) is 31.6 Å². The standard InChI is InChI=1S/C27H27F3N4O/c28-27(29,30)20-9-10-24-19(16-20)17-23(26(35)32-13-11-21-6-4-5-12-31-21)25-18-33(14-15-34(24)25)22-7-2-1-3-8-22/h1-10,12,16,23,25H,11,13-15,17-18H2,(H,32,35)/t23-,25-/m1/s1. The van der Waals surface area contributed by atoms with Gasteiger partial charge in [0, 0.05) is 55.9 Å².